The van der Waals surface area contributed by atoms with Crippen molar-refractivity contribution in [1.29, 1.82) is 0 Å². The molecule has 0 spiro atoms. The predicted octanol–water partition coefficient (Wildman–Crippen LogP) is 4.33. The van der Waals surface area contributed by atoms with E-state index >= 15 is 0 Å². The fourth-order valence-electron chi connectivity index (χ4n) is 3.73. The Morgan fingerprint density at radius 2 is 1.36 bits per heavy atom. The Morgan fingerprint density at radius 3 is 1.80 bits per heavy atom. The lowest BCUT2D eigenvalue weighted by atomic mass is 10.0. The second-order valence-electron chi connectivity index (χ2n) is 8.91. The molecule has 0 amide bonds. The average Bonchev–Trinajstić information content (AvgIpc) is 3.29. The molecule has 0 bridgehead atoms. The average molecular weight is 667 g/mol. The molecular weight excluding hydrogens is 641 g/mol. The highest BCUT2D eigenvalue weighted by molar-refractivity contribution is 5.73. The number of halogens is 9. The van der Waals surface area contributed by atoms with Gasteiger partial charge in [0.2, 0.25) is 0 Å². The van der Waals surface area contributed by atoms with Crippen LogP contribution in [0, 0.1) is 0 Å². The Kier molecular flexibility index (Phi) is 15.1. The largest absolute Gasteiger partial charge is 0.490 e. The number of hydrogen-bond acceptors (Lipinski definition) is 8. The van der Waals surface area contributed by atoms with E-state index in [4.69, 9.17) is 39.2 Å². The van der Waals surface area contributed by atoms with E-state index in [9.17, 15) is 39.5 Å². The first-order valence-electron chi connectivity index (χ1n) is 12.4. The minimum Gasteiger partial charge on any atom is -0.475 e. The van der Waals surface area contributed by atoms with Crippen molar-refractivity contribution in [3.8, 4) is 0 Å². The smallest absolute Gasteiger partial charge is 0.475 e. The molecule has 2 saturated heterocycles. The number of rotatable bonds is 5. The van der Waals surface area contributed by atoms with Crippen molar-refractivity contribution in [3.63, 3.8) is 0 Å². The number of carboxylic acid groups (broad SMARTS) is 3. The van der Waals surface area contributed by atoms with Crippen LogP contribution < -0.4 is 0 Å². The summed E-state index contributed by atoms with van der Waals surface area (Å²) in [5.41, 5.74) is 2.26. The summed E-state index contributed by atoms with van der Waals surface area (Å²) >= 11 is 0. The Hall–Kier alpha value is -4.04. The lowest BCUT2D eigenvalue weighted by Crippen LogP contribution is -2.41. The number of carbonyl (C=O) groups is 3. The van der Waals surface area contributed by atoms with Crippen LogP contribution in [0.1, 0.15) is 24.1 Å². The molecule has 45 heavy (non-hydrogen) atoms. The molecule has 0 aromatic carbocycles. The van der Waals surface area contributed by atoms with Gasteiger partial charge < -0.3 is 24.8 Å². The van der Waals surface area contributed by atoms with Crippen LogP contribution in [0.4, 0.5) is 39.5 Å². The minimum absolute atomic E-state index is 0.110. The normalized spacial score (nSPS) is 19.7. The molecule has 2 aliphatic heterocycles. The van der Waals surface area contributed by atoms with Gasteiger partial charge in [-0.25, -0.2) is 14.4 Å². The summed E-state index contributed by atoms with van der Waals surface area (Å²) in [7, 11) is 0. The summed E-state index contributed by atoms with van der Waals surface area (Å²) in [6, 6.07) is 10.5. The summed E-state index contributed by atoms with van der Waals surface area (Å²) in [5, 5.41) is 21.4. The molecule has 20 heteroatoms. The van der Waals surface area contributed by atoms with E-state index in [0.29, 0.717) is 12.6 Å². The molecule has 2 aromatic rings. The molecule has 3 atom stereocenters. The molecule has 2 aliphatic rings. The van der Waals surface area contributed by atoms with Crippen LogP contribution >= 0.6 is 0 Å². The third-order valence-electron chi connectivity index (χ3n) is 5.62. The van der Waals surface area contributed by atoms with Crippen molar-refractivity contribution >= 4 is 17.9 Å². The molecule has 4 heterocycles. The van der Waals surface area contributed by atoms with Gasteiger partial charge in [-0.1, -0.05) is 6.07 Å². The lowest BCUT2D eigenvalue weighted by Gasteiger charge is -2.32. The maximum Gasteiger partial charge on any atom is 0.490 e. The summed E-state index contributed by atoms with van der Waals surface area (Å²) in [6.45, 7) is 3.22. The Balaban J connectivity index is 0.000000396. The third kappa shape index (κ3) is 15.0. The minimum atomic E-state index is -5.08. The first kappa shape index (κ1) is 39.0. The van der Waals surface area contributed by atoms with E-state index in [1.807, 2.05) is 36.8 Å². The fraction of sp³-hybridized carbons (Fsp3) is 0.480. The Morgan fingerprint density at radius 1 is 0.844 bits per heavy atom. The third-order valence-corrected chi connectivity index (χ3v) is 5.62. The van der Waals surface area contributed by atoms with Crippen LogP contribution in [-0.2, 0) is 37.0 Å². The number of carboxylic acids is 3. The lowest BCUT2D eigenvalue weighted by molar-refractivity contribution is -0.193. The number of aromatic nitrogens is 2. The quantitative estimate of drug-likeness (QED) is 0.390. The summed E-state index contributed by atoms with van der Waals surface area (Å²) in [5.74, 6) is -8.27. The van der Waals surface area contributed by atoms with Crippen LogP contribution in [0.2, 0.25) is 0 Å². The molecule has 11 nitrogen and oxygen atoms in total. The van der Waals surface area contributed by atoms with E-state index in [0.717, 1.165) is 31.8 Å². The van der Waals surface area contributed by atoms with Gasteiger partial charge in [0, 0.05) is 44.3 Å². The summed E-state index contributed by atoms with van der Waals surface area (Å²) in [4.78, 5) is 37.6. The van der Waals surface area contributed by atoms with Gasteiger partial charge in [-0.05, 0) is 42.7 Å². The van der Waals surface area contributed by atoms with Gasteiger partial charge >= 0.3 is 36.4 Å². The van der Waals surface area contributed by atoms with Crippen molar-refractivity contribution in [2.24, 2.45) is 0 Å². The molecule has 0 unspecified atom stereocenters. The van der Waals surface area contributed by atoms with Crippen LogP contribution in [0.5, 0.6) is 0 Å². The van der Waals surface area contributed by atoms with Gasteiger partial charge in [-0.15, -0.1) is 0 Å². The van der Waals surface area contributed by atoms with E-state index in [1.54, 1.807) is 0 Å². The van der Waals surface area contributed by atoms with Gasteiger partial charge in [0.25, 0.3) is 0 Å². The molecule has 2 aromatic heterocycles. The zero-order chi connectivity index (χ0) is 34.4. The number of aliphatic carboxylic acids is 3. The number of nitrogens with zero attached hydrogens (tertiary/aromatic N) is 3. The number of likely N-dealkylation sites (tertiary alicyclic amines) is 1. The zero-order valence-electron chi connectivity index (χ0n) is 22.7. The van der Waals surface area contributed by atoms with E-state index in [2.05, 4.69) is 27.0 Å². The number of fused-ring (bicyclic) bond motifs is 1. The fourth-order valence-corrected chi connectivity index (χ4v) is 3.73. The van der Waals surface area contributed by atoms with Gasteiger partial charge in [0.15, 0.2) is 0 Å². The second-order valence-corrected chi connectivity index (χ2v) is 8.91. The zero-order valence-corrected chi connectivity index (χ0v) is 22.7. The maximum atomic E-state index is 10.6. The van der Waals surface area contributed by atoms with Crippen molar-refractivity contribution in [2.75, 3.05) is 13.2 Å². The summed E-state index contributed by atoms with van der Waals surface area (Å²) < 4.78 is 107. The van der Waals surface area contributed by atoms with E-state index < -0.39 is 36.4 Å². The molecule has 0 radical (unpaired) electrons. The molecule has 4 rings (SSSR count). The van der Waals surface area contributed by atoms with E-state index in [1.165, 1.54) is 12.0 Å². The van der Waals surface area contributed by atoms with Crippen molar-refractivity contribution in [3.05, 3.63) is 60.2 Å². The number of hydrogen-bond donors (Lipinski definition) is 3. The van der Waals surface area contributed by atoms with Gasteiger partial charge in [-0.2, -0.15) is 39.5 Å². The number of pyridine rings is 2. The Bertz CT molecular complexity index is 1140. The number of ether oxygens (including phenoxy) is 2. The first-order chi connectivity index (χ1) is 20.7. The SMILES string of the molecule is O=C(O)C(F)(F)F.O=C(O)C(F)(F)F.O=C(O)C(F)(F)F.c1ccc(CO[C@@H]2CN(Cc3ccncc3)[C@H]3CCCO[C@@H]23)nc1. The molecule has 0 aliphatic carbocycles. The topological polar surface area (TPSA) is 159 Å². The molecule has 252 valence electrons. The van der Waals surface area contributed by atoms with Gasteiger partial charge in [0.1, 0.15) is 6.10 Å². The summed E-state index contributed by atoms with van der Waals surface area (Å²) in [6.07, 6.45) is -7.14. The van der Waals surface area contributed by atoms with Crippen LogP contribution in [0.3, 0.4) is 0 Å². The van der Waals surface area contributed by atoms with Crippen molar-refractivity contribution in [1.82, 2.24) is 14.9 Å². The monoisotopic (exact) mass is 667 g/mol. The van der Waals surface area contributed by atoms with E-state index in [-0.39, 0.29) is 12.2 Å². The highest BCUT2D eigenvalue weighted by Gasteiger charge is 2.44. The first-order valence-corrected chi connectivity index (χ1v) is 12.4. The number of alkyl halides is 9. The van der Waals surface area contributed by atoms with Crippen LogP contribution in [-0.4, -0.2) is 98.0 Å². The molecule has 3 N–H and O–H groups in total. The van der Waals surface area contributed by atoms with Crippen LogP contribution in [0.15, 0.2) is 48.9 Å². The van der Waals surface area contributed by atoms with Crippen molar-refractivity contribution in [2.45, 2.75) is 62.8 Å². The molecule has 0 saturated carbocycles. The standard InChI is InChI=1S/C19H23N3O2.3C2HF3O2/c1-2-8-21-16(4-1)14-24-18-13-22(12-15-6-9-20-10-7-15)17-5-3-11-23-19(17)18;3*3-2(4,5)1(6)7/h1-2,4,6-10,17-19H,3,5,11-14H2;3*(H,6,7)/t17-,18+,19+;;;/m0.../s1. The maximum absolute atomic E-state index is 10.6. The Labute approximate surface area is 248 Å². The van der Waals surface area contributed by atoms with Crippen LogP contribution in [0.25, 0.3) is 0 Å². The van der Waals surface area contributed by atoms with Crippen molar-refractivity contribution < 1.29 is 78.7 Å². The second kappa shape index (κ2) is 17.4. The highest BCUT2D eigenvalue weighted by Crippen LogP contribution is 2.32. The van der Waals surface area contributed by atoms with Gasteiger partial charge in [0.05, 0.1) is 18.4 Å². The highest BCUT2D eigenvalue weighted by atomic mass is 19.4. The van der Waals surface area contributed by atoms with Gasteiger partial charge in [-0.3, -0.25) is 14.9 Å². The molecular formula is C25H26F9N3O8. The predicted molar refractivity (Wildman–Crippen MR) is 131 cm³/mol. The molecule has 2 fully saturated rings.